The Morgan fingerprint density at radius 3 is 2.66 bits per heavy atom. The number of nitrogens with zero attached hydrogens (tertiary/aromatic N) is 3. The Hall–Kier alpha value is -3.79. The molecule has 0 spiro atoms. The Bertz CT molecular complexity index is 1270. The molecule has 1 atom stereocenters. The second-order valence-electron chi connectivity index (χ2n) is 7.65. The predicted octanol–water partition coefficient (Wildman–Crippen LogP) is 2.15. The monoisotopic (exact) mass is 440 g/mol. The SMILES string of the molecule is Cc1cc(-c2ccc(-c3cn(C4CCC(=O)N(CO)C4=O)c(=O)o3)c(F)c2)nc(N)c1C. The molecule has 3 aromatic rings. The molecule has 0 aliphatic carbocycles. The van der Waals surface area contributed by atoms with Gasteiger partial charge < -0.3 is 15.3 Å². The van der Waals surface area contributed by atoms with Gasteiger partial charge in [-0.3, -0.25) is 19.1 Å². The number of rotatable bonds is 4. The van der Waals surface area contributed by atoms with Crippen LogP contribution in [-0.4, -0.2) is 38.1 Å². The van der Waals surface area contributed by atoms with E-state index in [1.807, 2.05) is 13.8 Å². The number of aliphatic hydroxyl groups excluding tert-OH is 1. The van der Waals surface area contributed by atoms with E-state index in [0.29, 0.717) is 22.0 Å². The van der Waals surface area contributed by atoms with Gasteiger partial charge in [-0.2, -0.15) is 0 Å². The molecule has 0 radical (unpaired) electrons. The van der Waals surface area contributed by atoms with Crippen LogP contribution in [-0.2, 0) is 9.59 Å². The molecular formula is C22H21FN4O5. The number of imide groups is 1. The van der Waals surface area contributed by atoms with Crippen LogP contribution in [0.15, 0.2) is 39.7 Å². The second kappa shape index (κ2) is 8.04. The van der Waals surface area contributed by atoms with Gasteiger partial charge in [-0.15, -0.1) is 0 Å². The van der Waals surface area contributed by atoms with Crippen LogP contribution in [0.25, 0.3) is 22.6 Å². The first-order valence-corrected chi connectivity index (χ1v) is 9.92. The van der Waals surface area contributed by atoms with E-state index >= 15 is 0 Å². The number of pyridine rings is 1. The van der Waals surface area contributed by atoms with Crippen molar-refractivity contribution in [3.63, 3.8) is 0 Å². The molecule has 1 aromatic carbocycles. The number of hydrogen-bond donors (Lipinski definition) is 2. The lowest BCUT2D eigenvalue weighted by atomic mass is 10.0. The van der Waals surface area contributed by atoms with Crippen molar-refractivity contribution in [1.82, 2.24) is 14.5 Å². The van der Waals surface area contributed by atoms with Crippen LogP contribution in [0, 0.1) is 19.7 Å². The minimum absolute atomic E-state index is 0.0148. The molecule has 0 bridgehead atoms. The maximum absolute atomic E-state index is 14.9. The highest BCUT2D eigenvalue weighted by molar-refractivity contribution is 5.99. The standard InChI is InChI=1S/C22H21FN4O5/c1-11-7-16(25-20(24)12(11)2)13-3-4-14(15(23)8-13)18-9-26(22(31)32-18)17-5-6-19(29)27(10-28)21(17)30/h3-4,7-9,17,28H,5-6,10H2,1-2H3,(H2,24,25). The average Bonchev–Trinajstić information content (AvgIpc) is 3.13. The number of carbonyl (C=O) groups excluding carboxylic acids is 2. The van der Waals surface area contributed by atoms with Crippen LogP contribution >= 0.6 is 0 Å². The minimum Gasteiger partial charge on any atom is -0.408 e. The number of hydrogen-bond acceptors (Lipinski definition) is 7. The lowest BCUT2D eigenvalue weighted by molar-refractivity contribution is -0.155. The molecule has 3 N–H and O–H groups in total. The number of carbonyl (C=O) groups is 2. The number of nitrogen functional groups attached to an aromatic ring is 1. The van der Waals surface area contributed by atoms with Crippen molar-refractivity contribution in [3.8, 4) is 22.6 Å². The fraction of sp³-hybridized carbons (Fsp3) is 0.273. The molecule has 4 rings (SSSR count). The van der Waals surface area contributed by atoms with Gasteiger partial charge in [0.25, 0.3) is 5.91 Å². The van der Waals surface area contributed by atoms with Crippen molar-refractivity contribution in [2.24, 2.45) is 0 Å². The van der Waals surface area contributed by atoms with Gasteiger partial charge in [-0.25, -0.2) is 14.2 Å². The maximum atomic E-state index is 14.9. The third-order valence-corrected chi connectivity index (χ3v) is 5.73. The maximum Gasteiger partial charge on any atom is 0.420 e. The van der Waals surface area contributed by atoms with Gasteiger partial charge in [0, 0.05) is 12.0 Å². The van der Waals surface area contributed by atoms with E-state index in [1.54, 1.807) is 12.1 Å². The van der Waals surface area contributed by atoms with Crippen molar-refractivity contribution in [2.75, 3.05) is 12.5 Å². The van der Waals surface area contributed by atoms with E-state index < -0.39 is 36.2 Å². The van der Waals surface area contributed by atoms with Crippen LogP contribution in [0.4, 0.5) is 10.2 Å². The molecule has 166 valence electrons. The zero-order chi connectivity index (χ0) is 23.2. The number of aliphatic hydroxyl groups is 1. The number of oxazole rings is 1. The summed E-state index contributed by atoms with van der Waals surface area (Å²) in [6.07, 6.45) is 1.30. The highest BCUT2D eigenvalue weighted by Crippen LogP contribution is 2.30. The van der Waals surface area contributed by atoms with E-state index in [-0.39, 0.29) is 24.2 Å². The molecule has 10 heteroatoms. The van der Waals surface area contributed by atoms with Crippen LogP contribution in [0.5, 0.6) is 0 Å². The lowest BCUT2D eigenvalue weighted by Gasteiger charge is -2.28. The number of amides is 2. The Labute approximate surface area is 181 Å². The number of benzene rings is 1. The van der Waals surface area contributed by atoms with E-state index in [4.69, 9.17) is 10.2 Å². The van der Waals surface area contributed by atoms with Gasteiger partial charge in [0.15, 0.2) is 5.76 Å². The number of anilines is 1. The largest absolute Gasteiger partial charge is 0.420 e. The van der Waals surface area contributed by atoms with Gasteiger partial charge in [-0.1, -0.05) is 6.07 Å². The molecule has 2 amide bonds. The minimum atomic E-state index is -1.02. The zero-order valence-corrected chi connectivity index (χ0v) is 17.5. The van der Waals surface area contributed by atoms with Crippen molar-refractivity contribution in [1.29, 1.82) is 0 Å². The van der Waals surface area contributed by atoms with E-state index in [9.17, 15) is 23.9 Å². The average molecular weight is 440 g/mol. The summed E-state index contributed by atoms with van der Waals surface area (Å²) < 4.78 is 21.2. The van der Waals surface area contributed by atoms with Gasteiger partial charge >= 0.3 is 5.76 Å². The Kier molecular flexibility index (Phi) is 5.39. The first-order valence-electron chi connectivity index (χ1n) is 9.92. The molecule has 9 nitrogen and oxygen atoms in total. The number of halogens is 1. The summed E-state index contributed by atoms with van der Waals surface area (Å²) in [7, 11) is 0. The van der Waals surface area contributed by atoms with Gasteiger partial charge in [0.1, 0.15) is 24.4 Å². The van der Waals surface area contributed by atoms with Crippen molar-refractivity contribution in [3.05, 3.63) is 58.0 Å². The first-order chi connectivity index (χ1) is 15.2. The predicted molar refractivity (Wildman–Crippen MR) is 113 cm³/mol. The summed E-state index contributed by atoms with van der Waals surface area (Å²) in [6.45, 7) is 2.96. The number of nitrogens with two attached hydrogens (primary N) is 1. The molecule has 32 heavy (non-hydrogen) atoms. The number of aromatic nitrogens is 2. The molecule has 1 saturated heterocycles. The molecule has 1 fully saturated rings. The Morgan fingerprint density at radius 1 is 1.25 bits per heavy atom. The van der Waals surface area contributed by atoms with Crippen LogP contribution in [0.2, 0.25) is 0 Å². The van der Waals surface area contributed by atoms with Crippen molar-refractivity contribution < 1.29 is 23.5 Å². The normalized spacial score (nSPS) is 16.6. The fourth-order valence-corrected chi connectivity index (χ4v) is 3.71. The van der Waals surface area contributed by atoms with Crippen LogP contribution < -0.4 is 11.5 Å². The first kappa shape index (κ1) is 21.4. The van der Waals surface area contributed by atoms with Crippen LogP contribution in [0.1, 0.15) is 30.0 Å². The summed E-state index contributed by atoms with van der Waals surface area (Å²) >= 11 is 0. The van der Waals surface area contributed by atoms with E-state index in [2.05, 4.69) is 4.98 Å². The Morgan fingerprint density at radius 2 is 2.00 bits per heavy atom. The number of likely N-dealkylation sites (tertiary alicyclic amines) is 1. The Balaban J connectivity index is 1.68. The highest BCUT2D eigenvalue weighted by Gasteiger charge is 2.36. The summed E-state index contributed by atoms with van der Waals surface area (Å²) in [5.41, 5.74) is 8.74. The van der Waals surface area contributed by atoms with Crippen molar-refractivity contribution >= 4 is 17.6 Å². The lowest BCUT2D eigenvalue weighted by Crippen LogP contribution is -2.47. The van der Waals surface area contributed by atoms with E-state index in [1.165, 1.54) is 18.3 Å². The van der Waals surface area contributed by atoms with Gasteiger partial charge in [0.2, 0.25) is 5.91 Å². The molecule has 1 unspecified atom stereocenters. The summed E-state index contributed by atoms with van der Waals surface area (Å²) in [5, 5.41) is 9.27. The quantitative estimate of drug-likeness (QED) is 0.594. The number of aryl methyl sites for hydroxylation is 1. The van der Waals surface area contributed by atoms with E-state index in [0.717, 1.165) is 15.7 Å². The summed E-state index contributed by atoms with van der Waals surface area (Å²) in [4.78, 5) is 41.6. The topological polar surface area (TPSA) is 132 Å². The molecule has 0 saturated carbocycles. The van der Waals surface area contributed by atoms with Gasteiger partial charge in [0.05, 0.1) is 17.5 Å². The molecular weight excluding hydrogens is 419 g/mol. The molecule has 3 heterocycles. The second-order valence-corrected chi connectivity index (χ2v) is 7.65. The fourth-order valence-electron chi connectivity index (χ4n) is 3.71. The molecule has 1 aliphatic rings. The number of piperidine rings is 1. The molecule has 1 aliphatic heterocycles. The van der Waals surface area contributed by atoms with Crippen molar-refractivity contribution in [2.45, 2.75) is 32.7 Å². The van der Waals surface area contributed by atoms with Crippen LogP contribution in [0.3, 0.4) is 0 Å². The summed E-state index contributed by atoms with van der Waals surface area (Å²) in [5.74, 6) is -2.45. The van der Waals surface area contributed by atoms with Gasteiger partial charge in [-0.05, 0) is 49.6 Å². The third-order valence-electron chi connectivity index (χ3n) is 5.73. The summed E-state index contributed by atoms with van der Waals surface area (Å²) in [6, 6.07) is 5.13. The molecule has 2 aromatic heterocycles. The highest BCUT2D eigenvalue weighted by atomic mass is 19.1. The smallest absolute Gasteiger partial charge is 0.408 e. The third kappa shape index (κ3) is 3.58. The zero-order valence-electron chi connectivity index (χ0n) is 17.5.